The summed E-state index contributed by atoms with van der Waals surface area (Å²) in [6.45, 7) is 2.05. The molecule has 0 saturated heterocycles. The first kappa shape index (κ1) is 9.03. The Morgan fingerprint density at radius 2 is 1.79 bits per heavy atom. The summed E-state index contributed by atoms with van der Waals surface area (Å²) in [7, 11) is 0. The molecule has 0 amide bonds. The number of aliphatic hydroxyl groups is 1. The predicted molar refractivity (Wildman–Crippen MR) is 59.4 cm³/mol. The molecule has 0 atom stereocenters. The van der Waals surface area contributed by atoms with Gasteiger partial charge in [-0.3, -0.25) is 0 Å². The molecule has 0 bridgehead atoms. The van der Waals surface area contributed by atoms with Gasteiger partial charge in [-0.05, 0) is 29.8 Å². The lowest BCUT2D eigenvalue weighted by Crippen LogP contribution is -1.98. The quantitative estimate of drug-likeness (QED) is 0.708. The summed E-state index contributed by atoms with van der Waals surface area (Å²) in [5, 5.41) is 14.0. The van der Waals surface area contributed by atoms with Crippen molar-refractivity contribution in [3.8, 4) is 0 Å². The first-order valence-electron chi connectivity index (χ1n) is 4.65. The molecule has 2 N–H and O–H groups in total. The summed E-state index contributed by atoms with van der Waals surface area (Å²) in [5.41, 5.74) is 2.21. The van der Waals surface area contributed by atoms with Gasteiger partial charge in [0.05, 0.1) is 0 Å². The molecule has 2 rings (SSSR count). The van der Waals surface area contributed by atoms with Crippen molar-refractivity contribution >= 4 is 16.5 Å². The number of anilines is 1. The van der Waals surface area contributed by atoms with Crippen LogP contribution < -0.4 is 5.32 Å². The summed E-state index contributed by atoms with van der Waals surface area (Å²) in [4.78, 5) is 0. The van der Waals surface area contributed by atoms with E-state index in [2.05, 4.69) is 36.5 Å². The molecule has 14 heavy (non-hydrogen) atoms. The zero-order chi connectivity index (χ0) is 9.97. The molecule has 0 radical (unpaired) electrons. The first-order chi connectivity index (χ1) is 6.79. The van der Waals surface area contributed by atoms with Crippen molar-refractivity contribution in [3.63, 3.8) is 0 Å². The Kier molecular flexibility index (Phi) is 2.37. The largest absolute Gasteiger partial charge is 0.377 e. The van der Waals surface area contributed by atoms with Gasteiger partial charge >= 0.3 is 0 Å². The second kappa shape index (κ2) is 3.68. The van der Waals surface area contributed by atoms with E-state index in [4.69, 9.17) is 5.11 Å². The topological polar surface area (TPSA) is 32.3 Å². The minimum absolute atomic E-state index is 0.0304. The molecule has 0 fully saturated rings. The number of nitrogens with one attached hydrogen (secondary N) is 1. The fraction of sp³-hybridized carbons (Fsp3) is 0.167. The number of hydrogen-bond donors (Lipinski definition) is 2. The Balaban J connectivity index is 2.50. The van der Waals surface area contributed by atoms with Gasteiger partial charge in [-0.15, -0.1) is 0 Å². The Bertz CT molecular complexity index is 451. The fourth-order valence-corrected chi connectivity index (χ4v) is 1.57. The minimum atomic E-state index is -0.0304. The maximum Gasteiger partial charge on any atom is 0.113 e. The summed E-state index contributed by atoms with van der Waals surface area (Å²) < 4.78 is 0. The summed E-state index contributed by atoms with van der Waals surface area (Å²) in [6.07, 6.45) is 0. The minimum Gasteiger partial charge on any atom is -0.377 e. The summed E-state index contributed by atoms with van der Waals surface area (Å²) >= 11 is 0. The number of benzene rings is 2. The van der Waals surface area contributed by atoms with E-state index in [0.29, 0.717) is 0 Å². The van der Waals surface area contributed by atoms with Gasteiger partial charge in [-0.2, -0.15) is 0 Å². The van der Waals surface area contributed by atoms with E-state index in [-0.39, 0.29) is 6.73 Å². The molecule has 0 saturated carbocycles. The average Bonchev–Trinajstić information content (AvgIpc) is 2.19. The van der Waals surface area contributed by atoms with E-state index in [0.717, 1.165) is 5.69 Å². The number of aryl methyl sites for hydroxylation is 1. The van der Waals surface area contributed by atoms with Crippen molar-refractivity contribution < 1.29 is 5.11 Å². The summed E-state index contributed by atoms with van der Waals surface area (Å²) in [6, 6.07) is 12.4. The highest BCUT2D eigenvalue weighted by atomic mass is 16.3. The molecule has 0 aliphatic rings. The van der Waals surface area contributed by atoms with Crippen LogP contribution >= 0.6 is 0 Å². The predicted octanol–water partition coefficient (Wildman–Crippen LogP) is 2.51. The zero-order valence-electron chi connectivity index (χ0n) is 8.12. The van der Waals surface area contributed by atoms with Crippen LogP contribution in [-0.2, 0) is 0 Å². The Morgan fingerprint density at radius 3 is 2.57 bits per heavy atom. The van der Waals surface area contributed by atoms with Crippen molar-refractivity contribution in [1.29, 1.82) is 0 Å². The van der Waals surface area contributed by atoms with Crippen LogP contribution in [-0.4, -0.2) is 11.8 Å². The van der Waals surface area contributed by atoms with Gasteiger partial charge in [-0.1, -0.05) is 29.8 Å². The van der Waals surface area contributed by atoms with Crippen LogP contribution in [0.2, 0.25) is 0 Å². The third-order valence-electron chi connectivity index (χ3n) is 2.28. The highest BCUT2D eigenvalue weighted by molar-refractivity contribution is 5.86. The monoisotopic (exact) mass is 187 g/mol. The Morgan fingerprint density at radius 1 is 1.07 bits per heavy atom. The molecule has 72 valence electrons. The normalized spacial score (nSPS) is 10.4. The maximum absolute atomic E-state index is 8.72. The van der Waals surface area contributed by atoms with Crippen molar-refractivity contribution in [2.45, 2.75) is 6.92 Å². The van der Waals surface area contributed by atoms with Crippen molar-refractivity contribution in [2.75, 3.05) is 12.0 Å². The van der Waals surface area contributed by atoms with Crippen LogP contribution in [0.15, 0.2) is 36.4 Å². The lowest BCUT2D eigenvalue weighted by molar-refractivity contribution is 0.326. The second-order valence-electron chi connectivity index (χ2n) is 3.40. The molecule has 0 spiro atoms. The van der Waals surface area contributed by atoms with E-state index in [1.165, 1.54) is 16.3 Å². The smallest absolute Gasteiger partial charge is 0.113 e. The van der Waals surface area contributed by atoms with Gasteiger partial charge in [-0.25, -0.2) is 0 Å². The van der Waals surface area contributed by atoms with Gasteiger partial charge < -0.3 is 10.4 Å². The number of hydrogen-bond acceptors (Lipinski definition) is 2. The van der Waals surface area contributed by atoms with Crippen LogP contribution in [0.5, 0.6) is 0 Å². The van der Waals surface area contributed by atoms with E-state index < -0.39 is 0 Å². The van der Waals surface area contributed by atoms with E-state index >= 15 is 0 Å². The molecule has 0 aliphatic carbocycles. The van der Waals surface area contributed by atoms with E-state index in [1.807, 2.05) is 12.1 Å². The van der Waals surface area contributed by atoms with Crippen molar-refractivity contribution in [2.24, 2.45) is 0 Å². The third-order valence-corrected chi connectivity index (χ3v) is 2.28. The van der Waals surface area contributed by atoms with Crippen LogP contribution in [0.1, 0.15) is 5.56 Å². The first-order valence-corrected chi connectivity index (χ1v) is 4.65. The van der Waals surface area contributed by atoms with Crippen LogP contribution in [0.25, 0.3) is 10.8 Å². The lowest BCUT2D eigenvalue weighted by Gasteiger charge is -2.04. The van der Waals surface area contributed by atoms with Gasteiger partial charge in [0, 0.05) is 5.69 Å². The number of rotatable bonds is 2. The highest BCUT2D eigenvalue weighted by Gasteiger charge is 1.95. The average molecular weight is 187 g/mol. The van der Waals surface area contributed by atoms with Gasteiger partial charge in [0.15, 0.2) is 0 Å². The maximum atomic E-state index is 8.72. The summed E-state index contributed by atoms with van der Waals surface area (Å²) in [5.74, 6) is 0. The molecule has 0 aliphatic heterocycles. The molecule has 2 aromatic rings. The number of fused-ring (bicyclic) bond motifs is 1. The van der Waals surface area contributed by atoms with Crippen molar-refractivity contribution in [3.05, 3.63) is 42.0 Å². The van der Waals surface area contributed by atoms with E-state index in [1.54, 1.807) is 0 Å². The molecule has 2 nitrogen and oxygen atoms in total. The fourth-order valence-electron chi connectivity index (χ4n) is 1.57. The zero-order valence-corrected chi connectivity index (χ0v) is 8.12. The van der Waals surface area contributed by atoms with Gasteiger partial charge in [0.1, 0.15) is 6.73 Å². The molecule has 0 unspecified atom stereocenters. The highest BCUT2D eigenvalue weighted by Crippen LogP contribution is 2.19. The second-order valence-corrected chi connectivity index (χ2v) is 3.40. The molecular weight excluding hydrogens is 174 g/mol. The number of aliphatic hydroxyl groups excluding tert-OH is 1. The van der Waals surface area contributed by atoms with Crippen LogP contribution in [0.4, 0.5) is 5.69 Å². The van der Waals surface area contributed by atoms with Gasteiger partial charge in [0.25, 0.3) is 0 Å². The van der Waals surface area contributed by atoms with Crippen LogP contribution in [0.3, 0.4) is 0 Å². The third kappa shape index (κ3) is 1.70. The Labute approximate surface area is 83.2 Å². The van der Waals surface area contributed by atoms with Crippen LogP contribution in [0, 0.1) is 6.92 Å². The SMILES string of the molecule is Cc1ccc2cc(NCO)ccc2c1. The van der Waals surface area contributed by atoms with E-state index in [9.17, 15) is 0 Å². The Hall–Kier alpha value is -1.54. The molecule has 2 heteroatoms. The van der Waals surface area contributed by atoms with Gasteiger partial charge in [0.2, 0.25) is 0 Å². The molecule has 0 heterocycles. The lowest BCUT2D eigenvalue weighted by atomic mass is 10.1. The molecule has 2 aromatic carbocycles. The standard InChI is InChI=1S/C12H13NO/c1-9-2-3-11-7-12(13-8-14)5-4-10(11)6-9/h2-7,13-14H,8H2,1H3. The van der Waals surface area contributed by atoms with Crippen molar-refractivity contribution in [1.82, 2.24) is 0 Å². The molecular formula is C12H13NO. The molecule has 0 aromatic heterocycles.